The average molecular weight is 323 g/mol. The summed E-state index contributed by atoms with van der Waals surface area (Å²) in [6.45, 7) is 4.02. The van der Waals surface area contributed by atoms with Crippen LogP contribution in [0.1, 0.15) is 42.7 Å². The highest BCUT2D eigenvalue weighted by Gasteiger charge is 2.19. The normalized spacial score (nSPS) is 15.9. The number of nitrogens with zero attached hydrogens (tertiary/aromatic N) is 1. The van der Waals surface area contributed by atoms with E-state index in [9.17, 15) is 0 Å². The number of methoxy groups -OCH3 is 1. The van der Waals surface area contributed by atoms with E-state index in [-0.39, 0.29) is 5.92 Å². The van der Waals surface area contributed by atoms with Crippen molar-refractivity contribution >= 4 is 0 Å². The Kier molecular flexibility index (Phi) is 5.52. The van der Waals surface area contributed by atoms with Gasteiger partial charge in [0, 0.05) is 18.3 Å². The number of rotatable bonds is 7. The monoisotopic (exact) mass is 323 g/mol. The van der Waals surface area contributed by atoms with E-state index in [1.54, 1.807) is 7.11 Å². The standard InChI is InChI=1S/C21H25NO2/c1-3-17(14-16-10-12-22-13-11-16)18-8-9-20(23-2)21(15-18)24-19-6-4-5-7-19/h3,8-13,15,17,19H,1,4-7,14H2,2H3. The molecule has 1 unspecified atom stereocenters. The van der Waals surface area contributed by atoms with E-state index in [0.29, 0.717) is 6.10 Å². The molecule has 1 aromatic heterocycles. The number of aromatic nitrogens is 1. The summed E-state index contributed by atoms with van der Waals surface area (Å²) < 4.78 is 11.7. The molecule has 24 heavy (non-hydrogen) atoms. The summed E-state index contributed by atoms with van der Waals surface area (Å²) in [6.07, 6.45) is 11.7. The van der Waals surface area contributed by atoms with Gasteiger partial charge < -0.3 is 9.47 Å². The molecule has 3 heteroatoms. The Morgan fingerprint density at radius 3 is 2.58 bits per heavy atom. The summed E-state index contributed by atoms with van der Waals surface area (Å²) in [6, 6.07) is 10.3. The molecule has 0 saturated heterocycles. The third-order valence-electron chi connectivity index (χ3n) is 4.70. The molecule has 0 bridgehead atoms. The second-order valence-electron chi connectivity index (χ2n) is 6.34. The van der Waals surface area contributed by atoms with Gasteiger partial charge in [-0.3, -0.25) is 4.98 Å². The Labute approximate surface area is 144 Å². The first-order valence-corrected chi connectivity index (χ1v) is 8.66. The number of allylic oxidation sites excluding steroid dienone is 1. The van der Waals surface area contributed by atoms with Gasteiger partial charge in [-0.25, -0.2) is 0 Å². The lowest BCUT2D eigenvalue weighted by Gasteiger charge is -2.19. The van der Waals surface area contributed by atoms with Gasteiger partial charge in [0.2, 0.25) is 0 Å². The summed E-state index contributed by atoms with van der Waals surface area (Å²) in [5.74, 6) is 1.89. The maximum atomic E-state index is 6.21. The van der Waals surface area contributed by atoms with Crippen LogP contribution < -0.4 is 9.47 Å². The molecule has 1 fully saturated rings. The van der Waals surface area contributed by atoms with E-state index in [1.165, 1.54) is 24.0 Å². The van der Waals surface area contributed by atoms with Gasteiger partial charge in [0.15, 0.2) is 11.5 Å². The Balaban J connectivity index is 1.81. The van der Waals surface area contributed by atoms with Crippen molar-refractivity contribution in [2.24, 2.45) is 0 Å². The van der Waals surface area contributed by atoms with Gasteiger partial charge in [0.1, 0.15) is 0 Å². The zero-order valence-corrected chi connectivity index (χ0v) is 14.3. The number of ether oxygens (including phenoxy) is 2. The van der Waals surface area contributed by atoms with E-state index in [0.717, 1.165) is 30.8 Å². The molecule has 0 radical (unpaired) electrons. The highest BCUT2D eigenvalue weighted by atomic mass is 16.5. The Hall–Kier alpha value is -2.29. The molecule has 0 aliphatic heterocycles. The van der Waals surface area contributed by atoms with Crippen molar-refractivity contribution in [3.63, 3.8) is 0 Å². The van der Waals surface area contributed by atoms with Crippen LogP contribution in [0.2, 0.25) is 0 Å². The number of hydrogen-bond donors (Lipinski definition) is 0. The lowest BCUT2D eigenvalue weighted by Crippen LogP contribution is -2.12. The molecule has 0 N–H and O–H groups in total. The predicted octanol–water partition coefficient (Wildman–Crippen LogP) is 4.92. The molecule has 1 heterocycles. The zero-order chi connectivity index (χ0) is 16.8. The van der Waals surface area contributed by atoms with Crippen LogP contribution in [0.5, 0.6) is 11.5 Å². The molecule has 1 aromatic carbocycles. The van der Waals surface area contributed by atoms with E-state index in [2.05, 4.69) is 35.8 Å². The maximum Gasteiger partial charge on any atom is 0.161 e. The third-order valence-corrected chi connectivity index (χ3v) is 4.70. The van der Waals surface area contributed by atoms with Crippen LogP contribution in [0.15, 0.2) is 55.4 Å². The number of pyridine rings is 1. The second-order valence-corrected chi connectivity index (χ2v) is 6.34. The van der Waals surface area contributed by atoms with Crippen LogP contribution in [0.25, 0.3) is 0 Å². The summed E-state index contributed by atoms with van der Waals surface area (Å²) >= 11 is 0. The van der Waals surface area contributed by atoms with Gasteiger partial charge in [-0.15, -0.1) is 6.58 Å². The summed E-state index contributed by atoms with van der Waals surface area (Å²) in [5.41, 5.74) is 2.46. The summed E-state index contributed by atoms with van der Waals surface area (Å²) in [5, 5.41) is 0. The fourth-order valence-electron chi connectivity index (χ4n) is 3.31. The fraction of sp³-hybridized carbons (Fsp3) is 0.381. The minimum atomic E-state index is 0.240. The van der Waals surface area contributed by atoms with Gasteiger partial charge in [-0.05, 0) is 67.5 Å². The maximum absolute atomic E-state index is 6.21. The van der Waals surface area contributed by atoms with Gasteiger partial charge in [0.05, 0.1) is 13.2 Å². The van der Waals surface area contributed by atoms with Crippen molar-refractivity contribution in [3.05, 3.63) is 66.5 Å². The van der Waals surface area contributed by atoms with Gasteiger partial charge in [-0.2, -0.15) is 0 Å². The summed E-state index contributed by atoms with van der Waals surface area (Å²) in [7, 11) is 1.69. The van der Waals surface area contributed by atoms with Crippen molar-refractivity contribution in [3.8, 4) is 11.5 Å². The van der Waals surface area contributed by atoms with E-state index >= 15 is 0 Å². The molecule has 3 rings (SSSR count). The average Bonchev–Trinajstić information content (AvgIpc) is 3.13. The number of benzene rings is 1. The molecular formula is C21H25NO2. The largest absolute Gasteiger partial charge is 0.493 e. The smallest absolute Gasteiger partial charge is 0.161 e. The molecule has 3 nitrogen and oxygen atoms in total. The van der Waals surface area contributed by atoms with E-state index < -0.39 is 0 Å². The Bertz CT molecular complexity index is 663. The first kappa shape index (κ1) is 16.6. The first-order valence-electron chi connectivity index (χ1n) is 8.66. The first-order chi connectivity index (χ1) is 11.8. The number of hydrogen-bond acceptors (Lipinski definition) is 3. The molecule has 1 atom stereocenters. The van der Waals surface area contributed by atoms with Crippen molar-refractivity contribution < 1.29 is 9.47 Å². The quantitative estimate of drug-likeness (QED) is 0.677. The molecule has 1 saturated carbocycles. The lowest BCUT2D eigenvalue weighted by atomic mass is 9.92. The second kappa shape index (κ2) is 8.00. The predicted molar refractivity (Wildman–Crippen MR) is 96.8 cm³/mol. The van der Waals surface area contributed by atoms with E-state index in [4.69, 9.17) is 9.47 Å². The zero-order valence-electron chi connectivity index (χ0n) is 14.3. The van der Waals surface area contributed by atoms with Crippen molar-refractivity contribution in [1.82, 2.24) is 4.98 Å². The summed E-state index contributed by atoms with van der Waals surface area (Å²) in [4.78, 5) is 4.08. The topological polar surface area (TPSA) is 31.4 Å². The molecule has 1 aliphatic carbocycles. The van der Waals surface area contributed by atoms with Crippen LogP contribution in [-0.2, 0) is 6.42 Å². The molecular weight excluding hydrogens is 298 g/mol. The van der Waals surface area contributed by atoms with Gasteiger partial charge >= 0.3 is 0 Å². The highest BCUT2D eigenvalue weighted by molar-refractivity contribution is 5.45. The minimum absolute atomic E-state index is 0.240. The van der Waals surface area contributed by atoms with Crippen LogP contribution in [-0.4, -0.2) is 18.2 Å². The van der Waals surface area contributed by atoms with E-state index in [1.807, 2.05) is 24.5 Å². The lowest BCUT2D eigenvalue weighted by molar-refractivity contribution is 0.200. The molecule has 0 spiro atoms. The van der Waals surface area contributed by atoms with Crippen molar-refractivity contribution in [2.45, 2.75) is 44.1 Å². The fourth-order valence-corrected chi connectivity index (χ4v) is 3.31. The molecule has 2 aromatic rings. The van der Waals surface area contributed by atoms with Gasteiger partial charge in [0.25, 0.3) is 0 Å². The molecule has 0 amide bonds. The Morgan fingerprint density at radius 1 is 1.17 bits per heavy atom. The van der Waals surface area contributed by atoms with Crippen LogP contribution in [0.3, 0.4) is 0 Å². The van der Waals surface area contributed by atoms with Crippen LogP contribution in [0, 0.1) is 0 Å². The van der Waals surface area contributed by atoms with Gasteiger partial charge in [-0.1, -0.05) is 12.1 Å². The van der Waals surface area contributed by atoms with Crippen LogP contribution in [0.4, 0.5) is 0 Å². The molecule has 1 aliphatic rings. The SMILES string of the molecule is C=CC(Cc1ccncc1)c1ccc(OC)c(OC2CCCC2)c1. The van der Waals surface area contributed by atoms with Crippen molar-refractivity contribution in [2.75, 3.05) is 7.11 Å². The highest BCUT2D eigenvalue weighted by Crippen LogP contribution is 2.35. The minimum Gasteiger partial charge on any atom is -0.493 e. The van der Waals surface area contributed by atoms with Crippen molar-refractivity contribution in [1.29, 1.82) is 0 Å². The third kappa shape index (κ3) is 3.97. The van der Waals surface area contributed by atoms with Crippen LogP contribution >= 0.6 is 0 Å². The molecule has 126 valence electrons. The Morgan fingerprint density at radius 2 is 1.92 bits per heavy atom.